The van der Waals surface area contributed by atoms with Gasteiger partial charge < -0.3 is 10.3 Å². The topological polar surface area (TPSA) is 102 Å². The number of nitrogens with zero attached hydrogens (tertiary/aromatic N) is 3. The molecule has 0 bridgehead atoms. The first-order valence-corrected chi connectivity index (χ1v) is 5.59. The van der Waals surface area contributed by atoms with Crippen LogP contribution in [0.5, 0.6) is 0 Å². The van der Waals surface area contributed by atoms with E-state index in [0.29, 0.717) is 5.82 Å². The van der Waals surface area contributed by atoms with E-state index < -0.39 is 11.2 Å². The zero-order valence-electron chi connectivity index (χ0n) is 10.3. The lowest BCUT2D eigenvalue weighted by Gasteiger charge is -2.07. The Balaban J connectivity index is 2.01. The van der Waals surface area contributed by atoms with Gasteiger partial charge in [0.25, 0.3) is 5.56 Å². The molecule has 0 atom stereocenters. The van der Waals surface area contributed by atoms with Gasteiger partial charge in [-0.25, -0.2) is 9.78 Å². The number of imidazole rings is 1. The summed E-state index contributed by atoms with van der Waals surface area (Å²) >= 11 is 0. The summed E-state index contributed by atoms with van der Waals surface area (Å²) < 4.78 is 2.11. The summed E-state index contributed by atoms with van der Waals surface area (Å²) in [6.45, 7) is 0.111. The fourth-order valence-electron chi connectivity index (χ4n) is 1.52. The molecule has 2 rings (SSSR count). The number of hydrogen-bond acceptors (Lipinski definition) is 4. The first-order valence-electron chi connectivity index (χ1n) is 5.59. The lowest BCUT2D eigenvalue weighted by atomic mass is 10.5. The molecule has 1 amide bonds. The van der Waals surface area contributed by atoms with E-state index in [9.17, 15) is 14.4 Å². The second kappa shape index (κ2) is 5.34. The van der Waals surface area contributed by atoms with E-state index in [0.717, 1.165) is 4.57 Å². The minimum Gasteiger partial charge on any atom is -0.347 e. The minimum atomic E-state index is -0.527. The fourth-order valence-corrected chi connectivity index (χ4v) is 1.52. The Morgan fingerprint density at radius 3 is 2.95 bits per heavy atom. The van der Waals surface area contributed by atoms with E-state index >= 15 is 0 Å². The van der Waals surface area contributed by atoms with Crippen LogP contribution >= 0.6 is 0 Å². The highest BCUT2D eigenvalue weighted by Gasteiger charge is 2.07. The summed E-state index contributed by atoms with van der Waals surface area (Å²) in [5.74, 6) is 0.290. The van der Waals surface area contributed by atoms with Gasteiger partial charge in [0.2, 0.25) is 5.91 Å². The smallest absolute Gasteiger partial charge is 0.331 e. The number of rotatable bonds is 4. The van der Waals surface area contributed by atoms with Gasteiger partial charge in [-0.1, -0.05) is 0 Å². The number of carbonyl (C=O) groups excluding carboxylic acids is 1. The second-order valence-electron chi connectivity index (χ2n) is 3.94. The lowest BCUT2D eigenvalue weighted by Crippen LogP contribution is -2.40. The zero-order chi connectivity index (χ0) is 13.8. The highest BCUT2D eigenvalue weighted by molar-refractivity contribution is 5.75. The summed E-state index contributed by atoms with van der Waals surface area (Å²) in [7, 11) is 1.36. The lowest BCUT2D eigenvalue weighted by molar-refractivity contribution is -0.121. The maximum atomic E-state index is 11.7. The minimum absolute atomic E-state index is 0.145. The Hall–Kier alpha value is -2.64. The molecule has 2 aromatic rings. The van der Waals surface area contributed by atoms with Crippen LogP contribution in [0, 0.1) is 0 Å². The predicted molar refractivity (Wildman–Crippen MR) is 66.4 cm³/mol. The maximum absolute atomic E-state index is 11.7. The molecule has 2 heterocycles. The molecule has 0 aliphatic heterocycles. The Labute approximate surface area is 107 Å². The van der Waals surface area contributed by atoms with Crippen molar-refractivity contribution in [3.05, 3.63) is 51.3 Å². The average Bonchev–Trinajstić information content (AvgIpc) is 2.90. The molecule has 0 saturated heterocycles. The molecule has 2 aromatic heterocycles. The molecule has 0 aliphatic rings. The molecule has 8 heteroatoms. The van der Waals surface area contributed by atoms with E-state index in [1.165, 1.54) is 23.9 Å². The van der Waals surface area contributed by atoms with Gasteiger partial charge in [0.05, 0.1) is 6.54 Å². The molecule has 0 aliphatic carbocycles. The summed E-state index contributed by atoms with van der Waals surface area (Å²) in [5, 5.41) is 2.62. The molecular formula is C11H13N5O3. The van der Waals surface area contributed by atoms with Crippen LogP contribution in [-0.2, 0) is 24.9 Å². The zero-order valence-corrected chi connectivity index (χ0v) is 10.3. The van der Waals surface area contributed by atoms with Crippen molar-refractivity contribution < 1.29 is 4.79 Å². The van der Waals surface area contributed by atoms with Crippen LogP contribution in [0.15, 0.2) is 34.2 Å². The van der Waals surface area contributed by atoms with Crippen LogP contribution in [0.4, 0.5) is 0 Å². The molecule has 0 fully saturated rings. The maximum Gasteiger partial charge on any atom is 0.331 e. The third kappa shape index (κ3) is 2.97. The number of carbonyl (C=O) groups is 1. The number of H-pyrrole nitrogens is 1. The van der Waals surface area contributed by atoms with E-state index in [2.05, 4.69) is 15.3 Å². The van der Waals surface area contributed by atoms with Gasteiger partial charge in [0, 0.05) is 31.7 Å². The molecule has 0 saturated carbocycles. The van der Waals surface area contributed by atoms with Gasteiger partial charge in [-0.05, 0) is 0 Å². The van der Waals surface area contributed by atoms with Gasteiger partial charge in [0.15, 0.2) is 0 Å². The summed E-state index contributed by atoms with van der Waals surface area (Å²) in [6, 6.07) is 1.24. The molecule has 8 nitrogen and oxygen atoms in total. The molecule has 0 unspecified atom stereocenters. The number of aromatic nitrogens is 4. The number of nitrogens with one attached hydrogen (secondary N) is 2. The monoisotopic (exact) mass is 263 g/mol. The summed E-state index contributed by atoms with van der Waals surface area (Å²) in [5.41, 5.74) is -0.933. The van der Waals surface area contributed by atoms with Crippen LogP contribution in [-0.4, -0.2) is 25.0 Å². The van der Waals surface area contributed by atoms with Crippen molar-refractivity contribution in [2.24, 2.45) is 7.05 Å². The number of hydrogen-bond donors (Lipinski definition) is 2. The van der Waals surface area contributed by atoms with Gasteiger partial charge in [-0.15, -0.1) is 0 Å². The number of amides is 1. The van der Waals surface area contributed by atoms with E-state index in [4.69, 9.17) is 0 Å². The van der Waals surface area contributed by atoms with Crippen LogP contribution < -0.4 is 16.6 Å². The second-order valence-corrected chi connectivity index (χ2v) is 3.94. The summed E-state index contributed by atoms with van der Waals surface area (Å²) in [4.78, 5) is 41.3. The fraction of sp³-hybridized carbons (Fsp3) is 0.273. The van der Waals surface area contributed by atoms with E-state index in [-0.39, 0.29) is 19.0 Å². The van der Waals surface area contributed by atoms with Crippen molar-refractivity contribution in [1.82, 2.24) is 24.4 Å². The van der Waals surface area contributed by atoms with Crippen molar-refractivity contribution >= 4 is 5.91 Å². The van der Waals surface area contributed by atoms with Crippen LogP contribution in [0.3, 0.4) is 0 Å². The van der Waals surface area contributed by atoms with Crippen molar-refractivity contribution in [1.29, 1.82) is 0 Å². The Morgan fingerprint density at radius 2 is 2.26 bits per heavy atom. The standard InChI is InChI=1S/C11H13N5O3/c1-15-10(18)2-5-16(11(15)19)7-9(17)14-6-8-12-3-4-13-8/h2-5H,6-7H2,1H3,(H,12,13)(H,14,17). The van der Waals surface area contributed by atoms with Crippen LogP contribution in [0.25, 0.3) is 0 Å². The number of aromatic amines is 1. The molecule has 0 radical (unpaired) electrons. The van der Waals surface area contributed by atoms with Gasteiger partial charge in [-0.2, -0.15) is 0 Å². The predicted octanol–water partition coefficient (Wildman–Crippen LogP) is -1.41. The average molecular weight is 263 g/mol. The van der Waals surface area contributed by atoms with Crippen molar-refractivity contribution in [2.75, 3.05) is 0 Å². The van der Waals surface area contributed by atoms with Gasteiger partial charge >= 0.3 is 5.69 Å². The molecular weight excluding hydrogens is 250 g/mol. The molecule has 2 N–H and O–H groups in total. The Morgan fingerprint density at radius 1 is 1.47 bits per heavy atom. The molecule has 0 aromatic carbocycles. The summed E-state index contributed by atoms with van der Waals surface area (Å²) in [6.07, 6.45) is 4.54. The SMILES string of the molecule is Cn1c(=O)ccn(CC(=O)NCc2ncc[nH]2)c1=O. The largest absolute Gasteiger partial charge is 0.347 e. The van der Waals surface area contributed by atoms with E-state index in [1.54, 1.807) is 12.4 Å². The first kappa shape index (κ1) is 12.8. The van der Waals surface area contributed by atoms with Crippen LogP contribution in [0.2, 0.25) is 0 Å². The highest BCUT2D eigenvalue weighted by atomic mass is 16.2. The Bertz CT molecular complexity index is 683. The third-order valence-corrected chi connectivity index (χ3v) is 2.58. The van der Waals surface area contributed by atoms with Crippen molar-refractivity contribution in [2.45, 2.75) is 13.1 Å². The Kier molecular flexibility index (Phi) is 3.60. The van der Waals surface area contributed by atoms with Crippen LogP contribution in [0.1, 0.15) is 5.82 Å². The normalized spacial score (nSPS) is 10.4. The first-order chi connectivity index (χ1) is 9.08. The van der Waals surface area contributed by atoms with Crippen molar-refractivity contribution in [3.8, 4) is 0 Å². The molecule has 0 spiro atoms. The van der Waals surface area contributed by atoms with Gasteiger partial charge in [0.1, 0.15) is 12.4 Å². The molecule has 100 valence electrons. The van der Waals surface area contributed by atoms with Gasteiger partial charge in [-0.3, -0.25) is 18.7 Å². The van der Waals surface area contributed by atoms with E-state index in [1.807, 2.05) is 0 Å². The molecule has 19 heavy (non-hydrogen) atoms. The van der Waals surface area contributed by atoms with Crippen molar-refractivity contribution in [3.63, 3.8) is 0 Å². The third-order valence-electron chi connectivity index (χ3n) is 2.58. The quantitative estimate of drug-likeness (QED) is 0.707. The highest BCUT2D eigenvalue weighted by Crippen LogP contribution is 1.87.